The Labute approximate surface area is 78.5 Å². The van der Waals surface area contributed by atoms with E-state index < -0.39 is 0 Å². The molecular weight excluding hydrogens is 162 g/mol. The van der Waals surface area contributed by atoms with E-state index in [4.69, 9.17) is 11.5 Å². The van der Waals surface area contributed by atoms with Crippen LogP contribution in [0.3, 0.4) is 0 Å². The first kappa shape index (κ1) is 8.78. The minimum Gasteiger partial charge on any atom is -0.365 e. The molecule has 0 spiro atoms. The molecule has 1 heterocycles. The summed E-state index contributed by atoms with van der Waals surface area (Å²) >= 11 is 0. The predicted octanol–water partition coefficient (Wildman–Crippen LogP) is 0.772. The molecule has 0 saturated carbocycles. The van der Waals surface area contributed by atoms with E-state index in [2.05, 4.69) is 18.1 Å². The molecule has 13 heavy (non-hydrogen) atoms. The standard InChI is InChI=1S/C10H17N3/c1-7-9-8(5-13-7)3-2-4-10(9,12)6-11/h5,13H,2-4,6,11-12H2,1H3. The van der Waals surface area contributed by atoms with Crippen LogP contribution in [0.2, 0.25) is 0 Å². The van der Waals surface area contributed by atoms with E-state index in [1.54, 1.807) is 0 Å². The number of hydrogen-bond acceptors (Lipinski definition) is 2. The fourth-order valence-corrected chi connectivity index (χ4v) is 2.39. The summed E-state index contributed by atoms with van der Waals surface area (Å²) in [6.45, 7) is 2.61. The van der Waals surface area contributed by atoms with Gasteiger partial charge in [-0.2, -0.15) is 0 Å². The number of nitrogens with one attached hydrogen (secondary N) is 1. The number of rotatable bonds is 1. The lowest BCUT2D eigenvalue weighted by Crippen LogP contribution is -2.46. The van der Waals surface area contributed by atoms with E-state index in [1.807, 2.05) is 0 Å². The zero-order valence-electron chi connectivity index (χ0n) is 8.06. The summed E-state index contributed by atoms with van der Waals surface area (Å²) in [4.78, 5) is 3.23. The van der Waals surface area contributed by atoms with Crippen LogP contribution < -0.4 is 11.5 Å². The van der Waals surface area contributed by atoms with Crippen LogP contribution in [0.15, 0.2) is 6.20 Å². The quantitative estimate of drug-likeness (QED) is 0.596. The predicted molar refractivity (Wildman–Crippen MR) is 53.4 cm³/mol. The van der Waals surface area contributed by atoms with Crippen LogP contribution in [0.25, 0.3) is 0 Å². The average Bonchev–Trinajstić information content (AvgIpc) is 2.50. The van der Waals surface area contributed by atoms with E-state index in [-0.39, 0.29) is 5.54 Å². The number of H-pyrrole nitrogens is 1. The first-order valence-corrected chi connectivity index (χ1v) is 4.83. The number of nitrogens with two attached hydrogens (primary N) is 2. The van der Waals surface area contributed by atoms with Gasteiger partial charge in [0.1, 0.15) is 0 Å². The molecule has 2 rings (SSSR count). The van der Waals surface area contributed by atoms with Crippen molar-refractivity contribution in [3.63, 3.8) is 0 Å². The minimum absolute atomic E-state index is 0.280. The van der Waals surface area contributed by atoms with Crippen LogP contribution in [0.4, 0.5) is 0 Å². The van der Waals surface area contributed by atoms with Crippen molar-refractivity contribution in [1.82, 2.24) is 4.98 Å². The number of aromatic nitrogens is 1. The maximum Gasteiger partial charge on any atom is 0.0554 e. The fraction of sp³-hybridized carbons (Fsp3) is 0.600. The largest absolute Gasteiger partial charge is 0.365 e. The molecule has 0 aliphatic heterocycles. The Hall–Kier alpha value is -0.800. The third kappa shape index (κ3) is 1.19. The van der Waals surface area contributed by atoms with Crippen molar-refractivity contribution in [2.24, 2.45) is 11.5 Å². The SMILES string of the molecule is Cc1[nH]cc2c1C(N)(CN)CCC2. The molecule has 0 aromatic carbocycles. The minimum atomic E-state index is -0.280. The normalized spacial score (nSPS) is 27.3. The number of fused-ring (bicyclic) bond motifs is 1. The van der Waals surface area contributed by atoms with E-state index in [9.17, 15) is 0 Å². The number of hydrogen-bond donors (Lipinski definition) is 3. The van der Waals surface area contributed by atoms with Gasteiger partial charge in [0, 0.05) is 18.4 Å². The zero-order valence-corrected chi connectivity index (χ0v) is 8.06. The zero-order chi connectivity index (χ0) is 9.47. The van der Waals surface area contributed by atoms with Gasteiger partial charge < -0.3 is 16.5 Å². The Morgan fingerprint density at radius 3 is 3.08 bits per heavy atom. The summed E-state index contributed by atoms with van der Waals surface area (Å²) in [7, 11) is 0. The molecule has 0 fully saturated rings. The summed E-state index contributed by atoms with van der Waals surface area (Å²) < 4.78 is 0. The Bertz CT molecular complexity index is 316. The van der Waals surface area contributed by atoms with Crippen LogP contribution in [0.1, 0.15) is 29.7 Å². The molecule has 3 nitrogen and oxygen atoms in total. The van der Waals surface area contributed by atoms with Crippen LogP contribution in [-0.2, 0) is 12.0 Å². The maximum absolute atomic E-state index is 6.27. The van der Waals surface area contributed by atoms with Crippen LogP contribution >= 0.6 is 0 Å². The van der Waals surface area contributed by atoms with Gasteiger partial charge in [0.15, 0.2) is 0 Å². The molecule has 1 aliphatic carbocycles. The van der Waals surface area contributed by atoms with E-state index in [0.717, 1.165) is 19.3 Å². The molecular formula is C10H17N3. The fourth-order valence-electron chi connectivity index (χ4n) is 2.39. The van der Waals surface area contributed by atoms with Gasteiger partial charge in [0.2, 0.25) is 0 Å². The Morgan fingerprint density at radius 2 is 2.38 bits per heavy atom. The maximum atomic E-state index is 6.27. The van der Waals surface area contributed by atoms with Gasteiger partial charge >= 0.3 is 0 Å². The van der Waals surface area contributed by atoms with Gasteiger partial charge in [0.05, 0.1) is 5.54 Å². The summed E-state index contributed by atoms with van der Waals surface area (Å²) in [5.74, 6) is 0. The third-order valence-electron chi connectivity index (χ3n) is 3.09. The van der Waals surface area contributed by atoms with Gasteiger partial charge in [0.25, 0.3) is 0 Å². The highest BCUT2D eigenvalue weighted by Gasteiger charge is 2.33. The smallest absolute Gasteiger partial charge is 0.0554 e. The second kappa shape index (κ2) is 2.86. The second-order valence-electron chi connectivity index (χ2n) is 4.03. The number of aromatic amines is 1. The molecule has 0 bridgehead atoms. The lowest BCUT2D eigenvalue weighted by Gasteiger charge is -2.33. The summed E-state index contributed by atoms with van der Waals surface area (Å²) in [6, 6.07) is 0. The summed E-state index contributed by atoms with van der Waals surface area (Å²) in [6.07, 6.45) is 5.37. The first-order chi connectivity index (χ1) is 6.17. The topological polar surface area (TPSA) is 67.8 Å². The molecule has 1 unspecified atom stereocenters. The molecule has 0 amide bonds. The van der Waals surface area contributed by atoms with Crippen molar-refractivity contribution in [1.29, 1.82) is 0 Å². The van der Waals surface area contributed by atoms with Crippen molar-refractivity contribution in [2.45, 2.75) is 31.7 Å². The molecule has 1 aromatic heterocycles. The molecule has 1 aliphatic rings. The molecule has 0 radical (unpaired) electrons. The first-order valence-electron chi connectivity index (χ1n) is 4.83. The van der Waals surface area contributed by atoms with Crippen molar-refractivity contribution in [2.75, 3.05) is 6.54 Å². The van der Waals surface area contributed by atoms with Crippen molar-refractivity contribution >= 4 is 0 Å². The van der Waals surface area contributed by atoms with Crippen LogP contribution in [0, 0.1) is 6.92 Å². The van der Waals surface area contributed by atoms with E-state index in [1.165, 1.54) is 16.8 Å². The Balaban J connectivity index is 2.52. The highest BCUT2D eigenvalue weighted by atomic mass is 14.8. The lowest BCUT2D eigenvalue weighted by atomic mass is 9.78. The summed E-state index contributed by atoms with van der Waals surface area (Å²) in [5.41, 5.74) is 15.5. The van der Waals surface area contributed by atoms with Gasteiger partial charge in [-0.15, -0.1) is 0 Å². The average molecular weight is 179 g/mol. The molecule has 1 atom stereocenters. The van der Waals surface area contributed by atoms with Crippen molar-refractivity contribution in [3.05, 3.63) is 23.0 Å². The molecule has 0 saturated heterocycles. The highest BCUT2D eigenvalue weighted by molar-refractivity contribution is 5.39. The van der Waals surface area contributed by atoms with Crippen molar-refractivity contribution < 1.29 is 0 Å². The lowest BCUT2D eigenvalue weighted by molar-refractivity contribution is 0.382. The summed E-state index contributed by atoms with van der Waals surface area (Å²) in [5, 5.41) is 0. The van der Waals surface area contributed by atoms with Gasteiger partial charge in [-0.3, -0.25) is 0 Å². The third-order valence-corrected chi connectivity index (χ3v) is 3.09. The van der Waals surface area contributed by atoms with E-state index >= 15 is 0 Å². The van der Waals surface area contributed by atoms with E-state index in [0.29, 0.717) is 6.54 Å². The monoisotopic (exact) mass is 179 g/mol. The van der Waals surface area contributed by atoms with Gasteiger partial charge in [-0.05, 0) is 37.3 Å². The number of aryl methyl sites for hydroxylation is 2. The molecule has 3 heteroatoms. The van der Waals surface area contributed by atoms with Crippen LogP contribution in [-0.4, -0.2) is 11.5 Å². The molecule has 1 aromatic rings. The van der Waals surface area contributed by atoms with Crippen LogP contribution in [0.5, 0.6) is 0 Å². The Morgan fingerprint density at radius 1 is 1.62 bits per heavy atom. The highest BCUT2D eigenvalue weighted by Crippen LogP contribution is 2.34. The van der Waals surface area contributed by atoms with Gasteiger partial charge in [-0.25, -0.2) is 0 Å². The van der Waals surface area contributed by atoms with Gasteiger partial charge in [-0.1, -0.05) is 0 Å². The van der Waals surface area contributed by atoms with Crippen molar-refractivity contribution in [3.8, 4) is 0 Å². The second-order valence-corrected chi connectivity index (χ2v) is 4.03. The molecule has 5 N–H and O–H groups in total. The molecule has 72 valence electrons. The Kier molecular flexibility index (Phi) is 1.93.